The highest BCUT2D eigenvalue weighted by molar-refractivity contribution is 6.02. The van der Waals surface area contributed by atoms with Crippen molar-refractivity contribution >= 4 is 5.78 Å². The van der Waals surface area contributed by atoms with Crippen molar-refractivity contribution < 1.29 is 9.53 Å². The summed E-state index contributed by atoms with van der Waals surface area (Å²) in [6.07, 6.45) is 10.5. The summed E-state index contributed by atoms with van der Waals surface area (Å²) in [7, 11) is 0. The van der Waals surface area contributed by atoms with Crippen molar-refractivity contribution in [2.75, 3.05) is 26.2 Å². The molecule has 1 aromatic heterocycles. The Morgan fingerprint density at radius 2 is 1.87 bits per heavy atom. The van der Waals surface area contributed by atoms with Crippen LogP contribution in [-0.2, 0) is 19.3 Å². The smallest absolute Gasteiger partial charge is 0.169 e. The highest BCUT2D eigenvalue weighted by Crippen LogP contribution is 2.39. The zero-order valence-corrected chi connectivity index (χ0v) is 18.0. The number of benzene rings is 1. The number of hydrogen-bond acceptors (Lipinski definition) is 3. The molecule has 0 radical (unpaired) electrons. The molecule has 4 heteroatoms. The number of ketones is 1. The summed E-state index contributed by atoms with van der Waals surface area (Å²) in [5.74, 6) is 2.08. The van der Waals surface area contributed by atoms with Gasteiger partial charge in [-0.05, 0) is 75.1 Å². The predicted octanol–water partition coefficient (Wildman–Crippen LogP) is 4.82. The van der Waals surface area contributed by atoms with Crippen molar-refractivity contribution in [3.05, 3.63) is 52.8 Å². The van der Waals surface area contributed by atoms with Crippen LogP contribution in [0.15, 0.2) is 30.3 Å². The molecule has 0 unspecified atom stereocenters. The molecule has 0 bridgehead atoms. The summed E-state index contributed by atoms with van der Waals surface area (Å²) < 4.78 is 5.85. The summed E-state index contributed by atoms with van der Waals surface area (Å²) in [4.78, 5) is 19.8. The van der Waals surface area contributed by atoms with Crippen LogP contribution in [0.25, 0.3) is 0 Å². The third-order valence-electron chi connectivity index (χ3n) is 7.39. The van der Waals surface area contributed by atoms with Crippen molar-refractivity contribution in [3.63, 3.8) is 0 Å². The fourth-order valence-corrected chi connectivity index (χ4v) is 5.81. The average Bonchev–Trinajstić information content (AvgIpc) is 3.09. The molecule has 1 aliphatic heterocycles. The number of rotatable bonds is 5. The van der Waals surface area contributed by atoms with Crippen LogP contribution in [0.5, 0.6) is 5.75 Å². The van der Waals surface area contributed by atoms with Crippen LogP contribution in [0.1, 0.15) is 65.8 Å². The number of nitrogens with one attached hydrogen (secondary N) is 1. The largest absolute Gasteiger partial charge is 0.494 e. The summed E-state index contributed by atoms with van der Waals surface area (Å²) in [6.45, 7) is 3.78. The molecule has 3 aliphatic rings. The number of H-pyrrole nitrogens is 1. The number of fused-ring (bicyclic) bond motifs is 4. The Morgan fingerprint density at radius 1 is 1.03 bits per heavy atom. The van der Waals surface area contributed by atoms with E-state index >= 15 is 0 Å². The van der Waals surface area contributed by atoms with E-state index < -0.39 is 0 Å². The van der Waals surface area contributed by atoms with E-state index in [1.54, 1.807) is 0 Å². The normalized spacial score (nSPS) is 24.3. The Morgan fingerprint density at radius 3 is 2.73 bits per heavy atom. The van der Waals surface area contributed by atoms with E-state index in [1.165, 1.54) is 42.6 Å². The van der Waals surface area contributed by atoms with Crippen LogP contribution < -0.4 is 4.74 Å². The number of piperidine rings is 1. The van der Waals surface area contributed by atoms with Crippen LogP contribution in [0.2, 0.25) is 0 Å². The number of likely N-dealkylation sites (tertiary alicyclic amines) is 1. The highest BCUT2D eigenvalue weighted by Gasteiger charge is 2.41. The van der Waals surface area contributed by atoms with Gasteiger partial charge in [0.25, 0.3) is 0 Å². The van der Waals surface area contributed by atoms with Gasteiger partial charge in [0.15, 0.2) is 5.78 Å². The number of hydrogen-bond donors (Lipinski definition) is 1. The minimum atomic E-state index is 0.187. The topological polar surface area (TPSA) is 45.3 Å². The number of carbonyl (C=O) groups is 1. The van der Waals surface area contributed by atoms with Gasteiger partial charge in [0.1, 0.15) is 5.75 Å². The van der Waals surface area contributed by atoms with Gasteiger partial charge >= 0.3 is 0 Å². The van der Waals surface area contributed by atoms with Gasteiger partial charge in [0, 0.05) is 36.0 Å². The monoisotopic (exact) mass is 406 g/mol. The van der Waals surface area contributed by atoms with Crippen molar-refractivity contribution in [2.45, 2.75) is 57.8 Å². The maximum Gasteiger partial charge on any atom is 0.169 e. The van der Waals surface area contributed by atoms with Crippen LogP contribution in [0.4, 0.5) is 0 Å². The first kappa shape index (κ1) is 19.9. The number of Topliss-reactive ketones (excluding diaryl/α,β-unsaturated/α-hetero) is 1. The van der Waals surface area contributed by atoms with E-state index in [-0.39, 0.29) is 5.92 Å². The lowest BCUT2D eigenvalue weighted by atomic mass is 9.72. The molecule has 0 amide bonds. The number of aromatic amines is 1. The van der Waals surface area contributed by atoms with Gasteiger partial charge in [-0.2, -0.15) is 0 Å². The molecule has 2 aliphatic carbocycles. The average molecular weight is 407 g/mol. The summed E-state index contributed by atoms with van der Waals surface area (Å²) >= 11 is 0. The van der Waals surface area contributed by atoms with Gasteiger partial charge < -0.3 is 14.6 Å². The van der Waals surface area contributed by atoms with Crippen LogP contribution >= 0.6 is 0 Å². The molecule has 160 valence electrons. The second-order valence-electron chi connectivity index (χ2n) is 9.39. The Bertz CT molecular complexity index is 873. The Kier molecular flexibility index (Phi) is 5.94. The first-order valence-corrected chi connectivity index (χ1v) is 12.0. The maximum atomic E-state index is 13.6. The van der Waals surface area contributed by atoms with Gasteiger partial charge in [-0.25, -0.2) is 0 Å². The van der Waals surface area contributed by atoms with Gasteiger partial charge in [-0.3, -0.25) is 4.79 Å². The second-order valence-corrected chi connectivity index (χ2v) is 9.39. The minimum absolute atomic E-state index is 0.187. The molecule has 2 heterocycles. The Hall–Kier alpha value is -2.07. The fourth-order valence-electron chi connectivity index (χ4n) is 5.81. The number of aromatic nitrogens is 1. The molecule has 1 N–H and O–H groups in total. The second kappa shape index (κ2) is 8.97. The molecular weight excluding hydrogens is 372 g/mol. The molecule has 4 nitrogen and oxygen atoms in total. The lowest BCUT2D eigenvalue weighted by Gasteiger charge is -2.40. The zero-order valence-electron chi connectivity index (χ0n) is 18.0. The van der Waals surface area contributed by atoms with Gasteiger partial charge in [-0.1, -0.05) is 31.0 Å². The predicted molar refractivity (Wildman–Crippen MR) is 119 cm³/mol. The van der Waals surface area contributed by atoms with Crippen molar-refractivity contribution in [1.29, 1.82) is 0 Å². The van der Waals surface area contributed by atoms with E-state index in [0.717, 1.165) is 69.7 Å². The quantitative estimate of drug-likeness (QED) is 0.724. The number of nitrogens with zero attached hydrogens (tertiary/aromatic N) is 1. The third-order valence-corrected chi connectivity index (χ3v) is 7.39. The molecule has 5 rings (SSSR count). The third kappa shape index (κ3) is 4.07. The number of carbonyl (C=O) groups excluding carboxylic acids is 1. The Labute approximate surface area is 180 Å². The SMILES string of the molecule is O=C1c2c([nH]c3c2CCCCCC3)C[C@@H]2CCN(CCCOc3ccccc3)C[C@@H]12. The summed E-state index contributed by atoms with van der Waals surface area (Å²) in [5.41, 5.74) is 5.11. The van der Waals surface area contributed by atoms with E-state index in [2.05, 4.69) is 9.88 Å². The van der Waals surface area contributed by atoms with Gasteiger partial charge in [0.2, 0.25) is 0 Å². The zero-order chi connectivity index (χ0) is 20.3. The van der Waals surface area contributed by atoms with Gasteiger partial charge in [0.05, 0.1) is 6.61 Å². The molecule has 0 spiro atoms. The standard InChI is InChI=1S/C26H34N2O2/c29-26-22-18-28(14-8-16-30-20-9-4-3-5-10-20)15-13-19(22)17-24-25(26)21-11-6-1-2-7-12-23(21)27-24/h3-5,9-10,19,22,27H,1-2,6-8,11-18H2/t19-,22+/m0/s1. The maximum absolute atomic E-state index is 13.6. The molecule has 30 heavy (non-hydrogen) atoms. The summed E-state index contributed by atoms with van der Waals surface area (Å²) in [6, 6.07) is 10.0. The van der Waals surface area contributed by atoms with Crippen molar-refractivity contribution in [2.24, 2.45) is 11.8 Å². The Balaban J connectivity index is 1.21. The molecular formula is C26H34N2O2. The molecule has 1 aromatic carbocycles. The fraction of sp³-hybridized carbons (Fsp3) is 0.577. The molecule has 0 saturated carbocycles. The van der Waals surface area contributed by atoms with E-state index in [1.807, 2.05) is 30.3 Å². The van der Waals surface area contributed by atoms with Crippen LogP contribution in [-0.4, -0.2) is 41.9 Å². The van der Waals surface area contributed by atoms with Crippen LogP contribution in [0, 0.1) is 11.8 Å². The first-order valence-electron chi connectivity index (χ1n) is 12.0. The molecule has 2 aromatic rings. The number of ether oxygens (including phenoxy) is 1. The van der Waals surface area contributed by atoms with E-state index in [0.29, 0.717) is 11.7 Å². The molecule has 1 saturated heterocycles. The number of aryl methyl sites for hydroxylation is 1. The molecule has 1 fully saturated rings. The van der Waals surface area contributed by atoms with Crippen molar-refractivity contribution in [1.82, 2.24) is 9.88 Å². The lowest BCUT2D eigenvalue weighted by molar-refractivity contribution is 0.0650. The lowest BCUT2D eigenvalue weighted by Crippen LogP contribution is -2.47. The van der Waals surface area contributed by atoms with Gasteiger partial charge in [-0.15, -0.1) is 0 Å². The number of para-hydroxylation sites is 1. The highest BCUT2D eigenvalue weighted by atomic mass is 16.5. The van der Waals surface area contributed by atoms with Crippen molar-refractivity contribution in [3.8, 4) is 5.75 Å². The van der Waals surface area contributed by atoms with E-state index in [4.69, 9.17) is 4.74 Å². The van der Waals surface area contributed by atoms with E-state index in [9.17, 15) is 4.79 Å². The molecule has 2 atom stereocenters. The first-order chi connectivity index (χ1) is 14.8. The van der Waals surface area contributed by atoms with Crippen LogP contribution in [0.3, 0.4) is 0 Å². The summed E-state index contributed by atoms with van der Waals surface area (Å²) in [5, 5.41) is 0. The minimum Gasteiger partial charge on any atom is -0.494 e.